The van der Waals surface area contributed by atoms with E-state index in [9.17, 15) is 0 Å². The van der Waals surface area contributed by atoms with E-state index in [1.165, 1.54) is 231 Å². The van der Waals surface area contributed by atoms with Crippen LogP contribution in [0.4, 0.5) is 0 Å². The van der Waals surface area contributed by atoms with Gasteiger partial charge in [-0.1, -0.05) is 219 Å². The Morgan fingerprint density at radius 2 is 0.553 bits per heavy atom. The van der Waals surface area contributed by atoms with Crippen molar-refractivity contribution < 1.29 is 4.57 Å². The van der Waals surface area contributed by atoms with Gasteiger partial charge in [-0.3, -0.25) is 0 Å². The van der Waals surface area contributed by atoms with E-state index in [1.54, 1.807) is 11.1 Å². The molecule has 1 aromatic heterocycles. The van der Waals surface area contributed by atoms with Gasteiger partial charge in [0.25, 0.3) is 0 Å². The molecule has 0 amide bonds. The Kier molecular flexibility index (Phi) is 32.9. The molecule has 0 N–H and O–H groups in total. The van der Waals surface area contributed by atoms with Gasteiger partial charge in [0, 0.05) is 11.1 Å². The molecule has 0 aromatic carbocycles. The second-order valence-corrected chi connectivity index (χ2v) is 15.9. The number of aromatic nitrogens is 1. The average Bonchev–Trinajstić information content (AvgIpc) is 3.07. The molecule has 0 saturated carbocycles. The van der Waals surface area contributed by atoms with Crippen LogP contribution in [0.25, 0.3) is 0 Å². The summed E-state index contributed by atoms with van der Waals surface area (Å²) in [5.74, 6) is 0. The third-order valence-corrected chi connectivity index (χ3v) is 10.7. The molecule has 47 heavy (non-hydrogen) atoms. The molecule has 1 heteroatoms. The summed E-state index contributed by atoms with van der Waals surface area (Å²) in [6, 6.07) is 3.09. The van der Waals surface area contributed by atoms with Crippen molar-refractivity contribution in [2.45, 2.75) is 265 Å². The fourth-order valence-corrected chi connectivity index (χ4v) is 7.41. The zero-order valence-corrected chi connectivity index (χ0v) is 33.2. The molecule has 276 valence electrons. The minimum atomic E-state index is 0.555. The average molecular weight is 655 g/mol. The smallest absolute Gasteiger partial charge is 0.172 e. The number of aryl methyl sites for hydroxylation is 2. The van der Waals surface area contributed by atoms with Crippen LogP contribution in [0, 0.1) is 0 Å². The standard InChI is InChI=1S/C46H88N/c1-5-7-9-11-13-15-17-19-21-23-25-27-29-31-33-35-37-39-45-41-46(43-47(42-45)44(3)4)40-38-36-34-32-30-28-26-24-22-20-18-16-14-12-10-8-6-2/h41-44H,5-40H2,1-4H3/q+1. The summed E-state index contributed by atoms with van der Waals surface area (Å²) in [5, 5.41) is 0. The number of rotatable bonds is 37. The maximum absolute atomic E-state index is 2.54. The molecule has 1 nitrogen and oxygen atoms in total. The number of nitrogens with zero attached hydrogens (tertiary/aromatic N) is 1. The third-order valence-electron chi connectivity index (χ3n) is 10.7. The van der Waals surface area contributed by atoms with E-state index in [0.29, 0.717) is 6.04 Å². The highest BCUT2D eigenvalue weighted by atomic mass is 15.0. The Hall–Kier alpha value is -0.850. The molecule has 0 bridgehead atoms. The van der Waals surface area contributed by atoms with Crippen LogP contribution in [0.3, 0.4) is 0 Å². The van der Waals surface area contributed by atoms with Crippen LogP contribution in [-0.2, 0) is 12.8 Å². The molecule has 0 atom stereocenters. The maximum atomic E-state index is 2.54. The van der Waals surface area contributed by atoms with E-state index in [-0.39, 0.29) is 0 Å². The van der Waals surface area contributed by atoms with Crippen molar-refractivity contribution in [3.05, 3.63) is 29.6 Å². The van der Waals surface area contributed by atoms with Crippen LogP contribution in [0.1, 0.15) is 263 Å². The largest absolute Gasteiger partial charge is 0.203 e. The first kappa shape index (κ1) is 44.2. The van der Waals surface area contributed by atoms with E-state index in [0.717, 1.165) is 0 Å². The maximum Gasteiger partial charge on any atom is 0.172 e. The fourth-order valence-electron chi connectivity index (χ4n) is 7.41. The summed E-state index contributed by atoms with van der Waals surface area (Å²) in [7, 11) is 0. The normalized spacial score (nSPS) is 11.7. The molecule has 0 fully saturated rings. The van der Waals surface area contributed by atoms with Gasteiger partial charge in [-0.2, -0.15) is 0 Å². The van der Waals surface area contributed by atoms with Crippen LogP contribution in [-0.4, -0.2) is 0 Å². The quantitative estimate of drug-likeness (QED) is 0.0496. The molecule has 0 radical (unpaired) electrons. The summed E-state index contributed by atoms with van der Waals surface area (Å²) in [5.41, 5.74) is 3.15. The predicted octanol–water partition coefficient (Wildman–Crippen LogP) is 15.9. The van der Waals surface area contributed by atoms with Gasteiger partial charge in [0.15, 0.2) is 18.4 Å². The topological polar surface area (TPSA) is 3.88 Å². The highest BCUT2D eigenvalue weighted by Crippen LogP contribution is 2.17. The lowest BCUT2D eigenvalue weighted by atomic mass is 10.0. The van der Waals surface area contributed by atoms with Gasteiger partial charge < -0.3 is 0 Å². The Bertz CT molecular complexity index is 695. The molecule has 1 heterocycles. The Morgan fingerprint density at radius 3 is 0.766 bits per heavy atom. The van der Waals surface area contributed by atoms with Gasteiger partial charge in [0.2, 0.25) is 0 Å². The molecule has 0 aliphatic heterocycles. The first-order valence-corrected chi connectivity index (χ1v) is 22.2. The van der Waals surface area contributed by atoms with Gasteiger partial charge in [0.1, 0.15) is 0 Å². The fraction of sp³-hybridized carbons (Fsp3) is 0.891. The molecule has 0 unspecified atom stereocenters. The molecule has 0 aliphatic rings. The molecular formula is C46H88N+. The number of unbranched alkanes of at least 4 members (excludes halogenated alkanes) is 32. The Labute approximate surface area is 298 Å². The van der Waals surface area contributed by atoms with E-state index >= 15 is 0 Å². The number of pyridine rings is 1. The Balaban J connectivity index is 2.00. The van der Waals surface area contributed by atoms with Gasteiger partial charge >= 0.3 is 0 Å². The van der Waals surface area contributed by atoms with E-state index in [2.05, 4.69) is 50.7 Å². The van der Waals surface area contributed by atoms with Crippen LogP contribution in [0.2, 0.25) is 0 Å². The molecule has 0 saturated heterocycles. The molecule has 0 spiro atoms. The van der Waals surface area contributed by atoms with Crippen molar-refractivity contribution in [3.8, 4) is 0 Å². The van der Waals surface area contributed by atoms with Gasteiger partial charge in [-0.15, -0.1) is 0 Å². The zero-order chi connectivity index (χ0) is 33.9. The zero-order valence-electron chi connectivity index (χ0n) is 33.2. The van der Waals surface area contributed by atoms with Gasteiger partial charge in [-0.25, -0.2) is 4.57 Å². The molecule has 0 aliphatic carbocycles. The first-order valence-electron chi connectivity index (χ1n) is 22.2. The van der Waals surface area contributed by atoms with E-state index in [1.807, 2.05) is 0 Å². The lowest BCUT2D eigenvalue weighted by Crippen LogP contribution is -2.36. The highest BCUT2D eigenvalue weighted by Gasteiger charge is 2.11. The van der Waals surface area contributed by atoms with Crippen molar-refractivity contribution in [1.82, 2.24) is 0 Å². The lowest BCUT2D eigenvalue weighted by Gasteiger charge is -2.08. The lowest BCUT2D eigenvalue weighted by molar-refractivity contribution is -0.716. The van der Waals surface area contributed by atoms with E-state index < -0.39 is 0 Å². The van der Waals surface area contributed by atoms with Crippen LogP contribution in [0.5, 0.6) is 0 Å². The molecule has 1 aromatic rings. The van der Waals surface area contributed by atoms with Crippen molar-refractivity contribution in [2.75, 3.05) is 0 Å². The summed E-state index contributed by atoms with van der Waals surface area (Å²) in [6.45, 7) is 9.28. The Morgan fingerprint density at radius 1 is 0.340 bits per heavy atom. The van der Waals surface area contributed by atoms with Crippen LogP contribution in [0.15, 0.2) is 18.5 Å². The second-order valence-electron chi connectivity index (χ2n) is 15.9. The first-order chi connectivity index (χ1) is 23.2. The van der Waals surface area contributed by atoms with Crippen molar-refractivity contribution in [2.24, 2.45) is 0 Å². The van der Waals surface area contributed by atoms with Crippen molar-refractivity contribution >= 4 is 0 Å². The highest BCUT2D eigenvalue weighted by molar-refractivity contribution is 5.15. The van der Waals surface area contributed by atoms with Gasteiger partial charge in [0.05, 0.1) is 0 Å². The number of hydrogen-bond acceptors (Lipinski definition) is 0. The monoisotopic (exact) mass is 655 g/mol. The van der Waals surface area contributed by atoms with E-state index in [4.69, 9.17) is 0 Å². The SMILES string of the molecule is CCCCCCCCCCCCCCCCCCCc1cc(CCCCCCCCCCCCCCCCCCC)c[n+](C(C)C)c1. The summed E-state index contributed by atoms with van der Waals surface area (Å²) in [4.78, 5) is 0. The summed E-state index contributed by atoms with van der Waals surface area (Å²) >= 11 is 0. The second kappa shape index (κ2) is 35.0. The van der Waals surface area contributed by atoms with Crippen molar-refractivity contribution in [1.29, 1.82) is 0 Å². The van der Waals surface area contributed by atoms with Crippen LogP contribution >= 0.6 is 0 Å². The molecular weight excluding hydrogens is 567 g/mol. The summed E-state index contributed by atoms with van der Waals surface area (Å²) < 4.78 is 2.48. The van der Waals surface area contributed by atoms with Crippen LogP contribution < -0.4 is 4.57 Å². The van der Waals surface area contributed by atoms with Gasteiger partial charge in [-0.05, 0) is 45.6 Å². The van der Waals surface area contributed by atoms with Crippen molar-refractivity contribution in [3.63, 3.8) is 0 Å². The molecule has 1 rings (SSSR count). The minimum absolute atomic E-state index is 0.555. The predicted molar refractivity (Wildman–Crippen MR) is 213 cm³/mol. The summed E-state index contributed by atoms with van der Waals surface area (Å²) in [6.07, 6.45) is 56.7. The minimum Gasteiger partial charge on any atom is -0.203 e. The third kappa shape index (κ3) is 29.8. The number of hydrogen-bond donors (Lipinski definition) is 0.